The monoisotopic (exact) mass is 419 g/mol. The van der Waals surface area contributed by atoms with E-state index in [0.29, 0.717) is 11.3 Å². The van der Waals surface area contributed by atoms with Gasteiger partial charge in [0.2, 0.25) is 17.7 Å². The summed E-state index contributed by atoms with van der Waals surface area (Å²) in [6.45, 7) is 1.99. The van der Waals surface area contributed by atoms with Gasteiger partial charge in [-0.1, -0.05) is 29.8 Å². The van der Waals surface area contributed by atoms with Crippen LogP contribution in [0.2, 0.25) is 0 Å². The molecule has 0 aliphatic carbocycles. The highest BCUT2D eigenvalue weighted by Crippen LogP contribution is 2.43. The molecule has 1 saturated heterocycles. The van der Waals surface area contributed by atoms with Crippen LogP contribution in [0.25, 0.3) is 0 Å². The molecule has 0 radical (unpaired) electrons. The summed E-state index contributed by atoms with van der Waals surface area (Å²) in [5.41, 5.74) is 7.99. The first kappa shape index (κ1) is 19.8. The Morgan fingerprint density at radius 2 is 1.87 bits per heavy atom. The first-order valence-corrected chi connectivity index (χ1v) is 10.4. The van der Waals surface area contributed by atoms with Crippen LogP contribution in [0, 0.1) is 12.8 Å². The van der Waals surface area contributed by atoms with Crippen molar-refractivity contribution >= 4 is 40.4 Å². The van der Waals surface area contributed by atoms with Crippen LogP contribution >= 0.6 is 11.3 Å². The summed E-state index contributed by atoms with van der Waals surface area (Å²) in [6, 6.07) is 17.7. The summed E-state index contributed by atoms with van der Waals surface area (Å²) in [6.07, 6.45) is 0.109. The summed E-state index contributed by atoms with van der Waals surface area (Å²) in [7, 11) is 0. The van der Waals surface area contributed by atoms with Crippen molar-refractivity contribution in [2.75, 3.05) is 10.2 Å². The van der Waals surface area contributed by atoms with E-state index in [1.807, 2.05) is 48.7 Å². The number of carbonyl (C=O) groups is 3. The van der Waals surface area contributed by atoms with Crippen LogP contribution in [0.5, 0.6) is 0 Å². The van der Waals surface area contributed by atoms with E-state index in [4.69, 9.17) is 5.73 Å². The highest BCUT2D eigenvalue weighted by atomic mass is 32.1. The minimum Gasteiger partial charge on any atom is -0.366 e. The van der Waals surface area contributed by atoms with Crippen LogP contribution in [0.4, 0.5) is 11.4 Å². The summed E-state index contributed by atoms with van der Waals surface area (Å²) >= 11 is 1.52. The second kappa shape index (κ2) is 8.12. The van der Waals surface area contributed by atoms with Crippen LogP contribution in [0.3, 0.4) is 0 Å². The Balaban J connectivity index is 1.65. The largest absolute Gasteiger partial charge is 0.366 e. The molecule has 3 N–H and O–H groups in total. The second-order valence-corrected chi connectivity index (χ2v) is 8.28. The summed E-state index contributed by atoms with van der Waals surface area (Å²) < 4.78 is 0. The van der Waals surface area contributed by atoms with E-state index in [0.717, 1.165) is 16.1 Å². The Kier molecular flexibility index (Phi) is 5.37. The van der Waals surface area contributed by atoms with Crippen molar-refractivity contribution in [1.82, 2.24) is 0 Å². The molecule has 3 aromatic rings. The number of aryl methyl sites for hydroxylation is 1. The summed E-state index contributed by atoms with van der Waals surface area (Å²) in [5, 5.41) is 4.79. The SMILES string of the molecule is Cc1ccc(N2C(=O)C[C@@H](C(=O)Nc3cccc(C(N)=O)c3)[C@@H]2c2cccs2)cc1. The van der Waals surface area contributed by atoms with Gasteiger partial charge in [-0.05, 0) is 48.7 Å². The van der Waals surface area contributed by atoms with Crippen molar-refractivity contribution in [3.8, 4) is 0 Å². The molecule has 7 heteroatoms. The Morgan fingerprint density at radius 3 is 2.53 bits per heavy atom. The summed E-state index contributed by atoms with van der Waals surface area (Å²) in [4.78, 5) is 40.2. The molecule has 1 aliphatic rings. The number of hydrogen-bond donors (Lipinski definition) is 2. The maximum absolute atomic E-state index is 13.2. The fourth-order valence-electron chi connectivity index (χ4n) is 3.75. The maximum atomic E-state index is 13.2. The number of carbonyl (C=O) groups excluding carboxylic acids is 3. The van der Waals surface area contributed by atoms with Gasteiger partial charge in [0.05, 0.1) is 12.0 Å². The van der Waals surface area contributed by atoms with Gasteiger partial charge in [-0.25, -0.2) is 0 Å². The van der Waals surface area contributed by atoms with Crippen molar-refractivity contribution in [2.45, 2.75) is 19.4 Å². The normalized spacial score (nSPS) is 18.4. The van der Waals surface area contributed by atoms with Crippen LogP contribution < -0.4 is 16.0 Å². The average molecular weight is 420 g/mol. The molecule has 0 unspecified atom stereocenters. The zero-order valence-electron chi connectivity index (χ0n) is 16.4. The molecular weight excluding hydrogens is 398 g/mol. The van der Waals surface area contributed by atoms with Gasteiger partial charge in [-0.15, -0.1) is 11.3 Å². The molecule has 2 atom stereocenters. The predicted molar refractivity (Wildman–Crippen MR) is 117 cm³/mol. The minimum absolute atomic E-state index is 0.0942. The van der Waals surface area contributed by atoms with E-state index >= 15 is 0 Å². The lowest BCUT2D eigenvalue weighted by Crippen LogP contribution is -2.32. The lowest BCUT2D eigenvalue weighted by molar-refractivity contribution is -0.122. The van der Waals surface area contributed by atoms with E-state index in [2.05, 4.69) is 5.32 Å². The Bertz CT molecular complexity index is 1090. The molecule has 4 rings (SSSR count). The molecule has 6 nitrogen and oxygen atoms in total. The fraction of sp³-hybridized carbons (Fsp3) is 0.174. The number of thiophene rings is 1. The molecule has 1 aromatic heterocycles. The second-order valence-electron chi connectivity index (χ2n) is 7.30. The number of nitrogens with one attached hydrogen (secondary N) is 1. The van der Waals surface area contributed by atoms with Gasteiger partial charge >= 0.3 is 0 Å². The molecular formula is C23H21N3O3S. The van der Waals surface area contributed by atoms with E-state index in [1.165, 1.54) is 17.4 Å². The molecule has 1 aliphatic heterocycles. The number of anilines is 2. The van der Waals surface area contributed by atoms with Gasteiger partial charge in [0.15, 0.2) is 0 Å². The molecule has 2 heterocycles. The number of rotatable bonds is 5. The van der Waals surface area contributed by atoms with Gasteiger partial charge in [0.25, 0.3) is 0 Å². The van der Waals surface area contributed by atoms with E-state index in [9.17, 15) is 14.4 Å². The Labute approximate surface area is 178 Å². The Hall–Kier alpha value is -3.45. The number of nitrogens with zero attached hydrogens (tertiary/aromatic N) is 1. The molecule has 30 heavy (non-hydrogen) atoms. The van der Waals surface area contributed by atoms with Gasteiger partial charge in [0.1, 0.15) is 0 Å². The van der Waals surface area contributed by atoms with E-state index in [-0.39, 0.29) is 24.3 Å². The van der Waals surface area contributed by atoms with Crippen LogP contribution in [-0.4, -0.2) is 17.7 Å². The van der Waals surface area contributed by atoms with Gasteiger partial charge < -0.3 is 16.0 Å². The van der Waals surface area contributed by atoms with Gasteiger partial charge in [-0.2, -0.15) is 0 Å². The van der Waals surface area contributed by atoms with Crippen LogP contribution in [-0.2, 0) is 9.59 Å². The smallest absolute Gasteiger partial charge is 0.248 e. The standard InChI is InChI=1S/C23H21N3O3S/c1-14-7-9-17(10-8-14)26-20(27)13-18(21(26)19-6-3-11-30-19)23(29)25-16-5-2-4-15(12-16)22(24)28/h2-12,18,21H,13H2,1H3,(H2,24,28)(H,25,29)/t18-,21-/m1/s1. The van der Waals surface area contributed by atoms with Crippen molar-refractivity contribution in [1.29, 1.82) is 0 Å². The lowest BCUT2D eigenvalue weighted by Gasteiger charge is -2.27. The molecule has 0 saturated carbocycles. The number of hydrogen-bond acceptors (Lipinski definition) is 4. The topological polar surface area (TPSA) is 92.5 Å². The minimum atomic E-state index is -0.566. The number of amides is 3. The van der Waals surface area contributed by atoms with Gasteiger partial charge in [0, 0.05) is 28.2 Å². The zero-order chi connectivity index (χ0) is 21.3. The highest BCUT2D eigenvalue weighted by Gasteiger charge is 2.45. The average Bonchev–Trinajstić information content (AvgIpc) is 3.36. The molecule has 152 valence electrons. The first-order valence-electron chi connectivity index (χ1n) is 9.57. The van der Waals surface area contributed by atoms with Crippen molar-refractivity contribution in [3.63, 3.8) is 0 Å². The molecule has 2 aromatic carbocycles. The van der Waals surface area contributed by atoms with Gasteiger partial charge in [-0.3, -0.25) is 14.4 Å². The van der Waals surface area contributed by atoms with Crippen molar-refractivity contribution in [3.05, 3.63) is 82.0 Å². The number of benzene rings is 2. The number of nitrogens with two attached hydrogens (primary N) is 1. The molecule has 3 amide bonds. The third-order valence-electron chi connectivity index (χ3n) is 5.22. The van der Waals surface area contributed by atoms with E-state index in [1.54, 1.807) is 23.1 Å². The maximum Gasteiger partial charge on any atom is 0.248 e. The fourth-order valence-corrected chi connectivity index (χ4v) is 4.63. The third kappa shape index (κ3) is 3.84. The van der Waals surface area contributed by atoms with Crippen molar-refractivity contribution in [2.24, 2.45) is 11.7 Å². The van der Waals surface area contributed by atoms with Crippen LogP contribution in [0.15, 0.2) is 66.0 Å². The Morgan fingerprint density at radius 1 is 1.10 bits per heavy atom. The summed E-state index contributed by atoms with van der Waals surface area (Å²) in [5.74, 6) is -1.49. The van der Waals surface area contributed by atoms with Crippen molar-refractivity contribution < 1.29 is 14.4 Å². The molecule has 1 fully saturated rings. The quantitative estimate of drug-likeness (QED) is 0.657. The zero-order valence-corrected chi connectivity index (χ0v) is 17.2. The first-order chi connectivity index (χ1) is 14.4. The molecule has 0 bridgehead atoms. The van der Waals surface area contributed by atoms with E-state index < -0.39 is 11.8 Å². The number of primary amides is 1. The molecule has 0 spiro atoms. The highest BCUT2D eigenvalue weighted by molar-refractivity contribution is 7.10. The third-order valence-corrected chi connectivity index (χ3v) is 6.16. The lowest BCUT2D eigenvalue weighted by atomic mass is 9.97. The van der Waals surface area contributed by atoms with Crippen LogP contribution in [0.1, 0.15) is 33.3 Å². The predicted octanol–water partition coefficient (Wildman–Crippen LogP) is 3.89.